The Bertz CT molecular complexity index is 790. The lowest BCUT2D eigenvalue weighted by Gasteiger charge is -2.73. The molecule has 0 aromatic rings. The number of aliphatic hydroxyl groups excluding tert-OH is 2. The minimum atomic E-state index is -0.355. The molecule has 0 unspecified atom stereocenters. The van der Waals surface area contributed by atoms with Crippen molar-refractivity contribution in [3.63, 3.8) is 0 Å². The average molecular weight is 443 g/mol. The van der Waals surface area contributed by atoms with Crippen LogP contribution in [0.3, 0.4) is 0 Å². The summed E-state index contributed by atoms with van der Waals surface area (Å²) in [6.07, 6.45) is 12.3. The van der Waals surface area contributed by atoms with E-state index in [0.717, 1.165) is 30.6 Å². The summed E-state index contributed by atoms with van der Waals surface area (Å²) in [5, 5.41) is 21.3. The van der Waals surface area contributed by atoms with Crippen LogP contribution in [-0.4, -0.2) is 22.9 Å². The van der Waals surface area contributed by atoms with Gasteiger partial charge in [0.25, 0.3) is 0 Å². The summed E-state index contributed by atoms with van der Waals surface area (Å²) in [7, 11) is 0. The van der Waals surface area contributed by atoms with E-state index < -0.39 is 0 Å². The molecule has 0 aromatic carbocycles. The van der Waals surface area contributed by atoms with Crippen LogP contribution in [0, 0.1) is 56.7 Å². The van der Waals surface area contributed by atoms with Crippen molar-refractivity contribution in [1.29, 1.82) is 0 Å². The van der Waals surface area contributed by atoms with Gasteiger partial charge in [-0.25, -0.2) is 0 Å². The molecule has 0 amide bonds. The molecule has 0 spiro atoms. The SMILES string of the molecule is C=C(C)[C@@H]1CC[C@]2(C)CC[C@]3(C)[C@H](CC[C@@H]4[C@@]5(C)CC[C@H](O)[C@@](C)(CO)[C@@H]5CC[C@]43C)[C@@H]12. The molecule has 5 saturated carbocycles. The minimum absolute atomic E-state index is 0.123. The third kappa shape index (κ3) is 2.66. The van der Waals surface area contributed by atoms with Gasteiger partial charge in [0.2, 0.25) is 0 Å². The number of allylic oxidation sites excluding steroid dienone is 1. The molecule has 2 heteroatoms. The highest BCUT2D eigenvalue weighted by molar-refractivity contribution is 5.21. The van der Waals surface area contributed by atoms with Gasteiger partial charge < -0.3 is 10.2 Å². The monoisotopic (exact) mass is 442 g/mol. The van der Waals surface area contributed by atoms with Crippen molar-refractivity contribution in [1.82, 2.24) is 0 Å². The molecule has 5 aliphatic carbocycles. The molecule has 5 rings (SSSR count). The predicted molar refractivity (Wildman–Crippen MR) is 132 cm³/mol. The number of aliphatic hydroxyl groups is 2. The highest BCUT2D eigenvalue weighted by Crippen LogP contribution is 2.77. The van der Waals surface area contributed by atoms with E-state index in [1.807, 2.05) is 0 Å². The maximum Gasteiger partial charge on any atom is 0.0618 e. The second kappa shape index (κ2) is 7.09. The van der Waals surface area contributed by atoms with Crippen LogP contribution in [-0.2, 0) is 0 Å². The fourth-order valence-corrected chi connectivity index (χ4v) is 11.5. The summed E-state index contributed by atoms with van der Waals surface area (Å²) in [4.78, 5) is 0. The lowest BCUT2D eigenvalue weighted by molar-refractivity contribution is -0.253. The second-order valence-corrected chi connectivity index (χ2v) is 14.6. The molecule has 0 saturated heterocycles. The second-order valence-electron chi connectivity index (χ2n) is 14.6. The van der Waals surface area contributed by atoms with E-state index in [9.17, 15) is 10.2 Å². The van der Waals surface area contributed by atoms with Gasteiger partial charge in [-0.1, -0.05) is 46.8 Å². The third-order valence-corrected chi connectivity index (χ3v) is 13.6. The van der Waals surface area contributed by atoms with Crippen molar-refractivity contribution >= 4 is 0 Å². The molecule has 32 heavy (non-hydrogen) atoms. The molecule has 5 aliphatic rings. The molecule has 0 aromatic heterocycles. The van der Waals surface area contributed by atoms with Crippen molar-refractivity contribution in [3.05, 3.63) is 12.2 Å². The smallest absolute Gasteiger partial charge is 0.0618 e. The van der Waals surface area contributed by atoms with Crippen LogP contribution >= 0.6 is 0 Å². The van der Waals surface area contributed by atoms with Crippen LogP contribution in [0.25, 0.3) is 0 Å². The fourth-order valence-electron chi connectivity index (χ4n) is 11.5. The zero-order chi connectivity index (χ0) is 23.3. The summed E-state index contributed by atoms with van der Waals surface area (Å²) in [5.41, 5.74) is 2.62. The van der Waals surface area contributed by atoms with Gasteiger partial charge in [0, 0.05) is 5.41 Å². The molecule has 0 bridgehead atoms. The summed E-state index contributed by atoms with van der Waals surface area (Å²) in [6, 6.07) is 0. The number of hydrogen-bond donors (Lipinski definition) is 2. The van der Waals surface area contributed by atoms with Gasteiger partial charge in [-0.2, -0.15) is 0 Å². The topological polar surface area (TPSA) is 40.5 Å². The average Bonchev–Trinajstić information content (AvgIpc) is 3.09. The lowest BCUT2D eigenvalue weighted by Crippen LogP contribution is -2.67. The van der Waals surface area contributed by atoms with Crippen LogP contribution in [0.4, 0.5) is 0 Å². The number of fused-ring (bicyclic) bond motifs is 7. The van der Waals surface area contributed by atoms with E-state index in [0.29, 0.717) is 28.1 Å². The predicted octanol–water partition coefficient (Wildman–Crippen LogP) is 7.00. The van der Waals surface area contributed by atoms with Crippen molar-refractivity contribution in [2.24, 2.45) is 56.7 Å². The van der Waals surface area contributed by atoms with E-state index in [4.69, 9.17) is 0 Å². The Morgan fingerprint density at radius 3 is 2.19 bits per heavy atom. The molecular weight excluding hydrogens is 392 g/mol. The summed E-state index contributed by atoms with van der Waals surface area (Å²) in [5.74, 6) is 3.51. The highest BCUT2D eigenvalue weighted by atomic mass is 16.3. The molecule has 182 valence electrons. The van der Waals surface area contributed by atoms with Gasteiger partial charge >= 0.3 is 0 Å². The molecule has 5 fully saturated rings. The van der Waals surface area contributed by atoms with Crippen LogP contribution in [0.2, 0.25) is 0 Å². The van der Waals surface area contributed by atoms with E-state index in [-0.39, 0.29) is 23.5 Å². The number of hydrogen-bond acceptors (Lipinski definition) is 2. The van der Waals surface area contributed by atoms with Gasteiger partial charge in [0.15, 0.2) is 0 Å². The Kier molecular flexibility index (Phi) is 5.19. The first kappa shape index (κ1) is 23.4. The van der Waals surface area contributed by atoms with E-state index in [1.165, 1.54) is 56.9 Å². The molecule has 0 radical (unpaired) electrons. The Morgan fingerprint density at radius 2 is 1.53 bits per heavy atom. The first-order valence-electron chi connectivity index (χ1n) is 13.8. The maximum absolute atomic E-state index is 10.9. The van der Waals surface area contributed by atoms with Crippen molar-refractivity contribution in [2.45, 2.75) is 112 Å². The number of rotatable bonds is 2. The van der Waals surface area contributed by atoms with Crippen LogP contribution in [0.15, 0.2) is 12.2 Å². The molecule has 2 nitrogen and oxygen atoms in total. The zero-order valence-electron chi connectivity index (χ0n) is 21.8. The standard InChI is InChI=1S/C30H50O2/c1-19(2)20-10-13-26(3)16-17-29(6)21(25(20)26)8-9-23-27(4)14-12-24(32)28(5,18-31)22(27)11-15-30(23,29)7/h20-25,31-32H,1,8-18H2,2-7H3/t20-,21+,22+,23+,24-,25+,26+,27-,28-,29+,30+/m0/s1. The van der Waals surface area contributed by atoms with Crippen molar-refractivity contribution in [3.8, 4) is 0 Å². The van der Waals surface area contributed by atoms with E-state index in [2.05, 4.69) is 48.1 Å². The fraction of sp³-hybridized carbons (Fsp3) is 0.933. The Hall–Kier alpha value is -0.340. The van der Waals surface area contributed by atoms with E-state index in [1.54, 1.807) is 0 Å². The quantitative estimate of drug-likeness (QED) is 0.452. The first-order chi connectivity index (χ1) is 14.9. The maximum atomic E-state index is 10.9. The van der Waals surface area contributed by atoms with Gasteiger partial charge in [0.1, 0.15) is 0 Å². The Morgan fingerprint density at radius 1 is 0.812 bits per heavy atom. The van der Waals surface area contributed by atoms with E-state index >= 15 is 0 Å². The van der Waals surface area contributed by atoms with Gasteiger partial charge in [-0.3, -0.25) is 0 Å². The highest BCUT2D eigenvalue weighted by Gasteiger charge is 2.70. The Balaban J connectivity index is 1.54. The van der Waals surface area contributed by atoms with Crippen LogP contribution in [0.1, 0.15) is 106 Å². The molecular formula is C30H50O2. The normalized spacial score (nSPS) is 59.5. The Labute approximate surface area is 197 Å². The van der Waals surface area contributed by atoms with Gasteiger partial charge in [0.05, 0.1) is 12.7 Å². The van der Waals surface area contributed by atoms with Crippen molar-refractivity contribution in [2.75, 3.05) is 6.61 Å². The van der Waals surface area contributed by atoms with Crippen molar-refractivity contribution < 1.29 is 10.2 Å². The zero-order valence-corrected chi connectivity index (χ0v) is 21.8. The first-order valence-corrected chi connectivity index (χ1v) is 13.8. The van der Waals surface area contributed by atoms with Gasteiger partial charge in [-0.05, 0) is 122 Å². The summed E-state index contributed by atoms with van der Waals surface area (Å²) < 4.78 is 0. The molecule has 0 aliphatic heterocycles. The van der Waals surface area contributed by atoms with Crippen LogP contribution < -0.4 is 0 Å². The minimum Gasteiger partial charge on any atom is -0.396 e. The third-order valence-electron chi connectivity index (χ3n) is 13.6. The van der Waals surface area contributed by atoms with Crippen LogP contribution in [0.5, 0.6) is 0 Å². The summed E-state index contributed by atoms with van der Waals surface area (Å²) in [6.45, 7) is 19.6. The largest absolute Gasteiger partial charge is 0.396 e. The molecule has 11 atom stereocenters. The lowest BCUT2D eigenvalue weighted by atomic mass is 9.32. The molecule has 2 N–H and O–H groups in total. The van der Waals surface area contributed by atoms with Gasteiger partial charge in [-0.15, -0.1) is 0 Å². The summed E-state index contributed by atoms with van der Waals surface area (Å²) >= 11 is 0. The molecule has 0 heterocycles.